The summed E-state index contributed by atoms with van der Waals surface area (Å²) in [6.45, 7) is 2.67. The molecule has 2 N–H and O–H groups in total. The van der Waals surface area contributed by atoms with E-state index in [1.165, 1.54) is 4.88 Å². The van der Waals surface area contributed by atoms with E-state index in [-0.39, 0.29) is 25.5 Å². The van der Waals surface area contributed by atoms with E-state index in [4.69, 9.17) is 15.1 Å². The summed E-state index contributed by atoms with van der Waals surface area (Å²) in [7, 11) is 0. The Morgan fingerprint density at radius 3 is 2.79 bits per heavy atom. The monoisotopic (exact) mass is 478 g/mol. The second kappa shape index (κ2) is 8.37. The average molecular weight is 479 g/mol. The number of hydrogen-bond acceptors (Lipinski definition) is 8. The van der Waals surface area contributed by atoms with Crippen LogP contribution in [0.15, 0.2) is 12.3 Å². The topological polar surface area (TPSA) is 109 Å². The Hall–Kier alpha value is -3.06. The number of rotatable bonds is 6. The second-order valence-electron chi connectivity index (χ2n) is 7.78. The van der Waals surface area contributed by atoms with Crippen molar-refractivity contribution in [1.29, 1.82) is 0 Å². The Balaban J connectivity index is 1.56. The molecule has 13 heteroatoms. The molecule has 1 aliphatic rings. The fourth-order valence-electron chi connectivity index (χ4n) is 3.94. The molecule has 0 amide bonds. The summed E-state index contributed by atoms with van der Waals surface area (Å²) >= 11 is 1.58. The molecule has 0 aromatic carbocycles. The summed E-state index contributed by atoms with van der Waals surface area (Å²) in [6, 6.07) is 2.06. The molecule has 0 spiro atoms. The molecule has 4 aromatic rings. The number of imidazole rings is 1. The van der Waals surface area contributed by atoms with Gasteiger partial charge in [0.2, 0.25) is 5.82 Å². The van der Waals surface area contributed by atoms with Crippen molar-refractivity contribution in [3.8, 4) is 11.5 Å². The van der Waals surface area contributed by atoms with E-state index in [1.54, 1.807) is 17.5 Å². The lowest BCUT2D eigenvalue weighted by Crippen LogP contribution is -2.36. The van der Waals surface area contributed by atoms with Gasteiger partial charge in [0.25, 0.3) is 0 Å². The molecule has 5 heterocycles. The first-order valence-corrected chi connectivity index (χ1v) is 11.4. The van der Waals surface area contributed by atoms with Crippen molar-refractivity contribution in [3.63, 3.8) is 0 Å². The van der Waals surface area contributed by atoms with Crippen molar-refractivity contribution in [2.24, 2.45) is 0 Å². The molecule has 0 radical (unpaired) electrons. The van der Waals surface area contributed by atoms with Crippen LogP contribution in [0, 0.1) is 0 Å². The molecule has 1 aliphatic heterocycles. The number of aliphatic hydroxyl groups is 1. The van der Waals surface area contributed by atoms with Gasteiger partial charge in [0.1, 0.15) is 22.2 Å². The number of aryl methyl sites for hydroxylation is 1. The van der Waals surface area contributed by atoms with Crippen molar-refractivity contribution in [3.05, 3.63) is 34.6 Å². The smallest absolute Gasteiger partial charge is 0.396 e. The standard InChI is InChI=1S/C20H21F3N8OS/c1-2-3-11-8-12-17(30-5-6-31-15(10-30)28-29-19(31)20(21,22)23)26-16(27-18(12)33-11)13-9-24-14(25-13)4-7-32/h8-9,32H,2-7,10H2,1H3,(H,24,25). The zero-order valence-corrected chi connectivity index (χ0v) is 18.5. The summed E-state index contributed by atoms with van der Waals surface area (Å²) in [5.74, 6) is 0.996. The summed E-state index contributed by atoms with van der Waals surface area (Å²) in [6.07, 6.45) is -0.639. The number of alkyl halides is 3. The largest absolute Gasteiger partial charge is 0.451 e. The molecule has 174 valence electrons. The van der Waals surface area contributed by atoms with Crippen molar-refractivity contribution in [1.82, 2.24) is 34.7 Å². The number of fused-ring (bicyclic) bond motifs is 2. The van der Waals surface area contributed by atoms with Crippen LogP contribution in [-0.4, -0.2) is 53.0 Å². The highest BCUT2D eigenvalue weighted by Gasteiger charge is 2.39. The molecular weight excluding hydrogens is 457 g/mol. The van der Waals surface area contributed by atoms with Crippen LogP contribution in [0.25, 0.3) is 21.7 Å². The Labute approximate surface area is 190 Å². The molecule has 0 saturated carbocycles. The lowest BCUT2D eigenvalue weighted by molar-refractivity contribution is -0.147. The molecular formula is C20H21F3N8OS. The zero-order chi connectivity index (χ0) is 23.2. The van der Waals surface area contributed by atoms with Gasteiger partial charge in [0.15, 0.2) is 11.6 Å². The third-order valence-electron chi connectivity index (χ3n) is 5.44. The Morgan fingerprint density at radius 2 is 2.03 bits per heavy atom. The van der Waals surface area contributed by atoms with Gasteiger partial charge in [-0.15, -0.1) is 21.5 Å². The molecule has 0 atom stereocenters. The Bertz CT molecular complexity index is 1290. The number of aromatic nitrogens is 7. The molecule has 0 fully saturated rings. The Morgan fingerprint density at radius 1 is 1.18 bits per heavy atom. The van der Waals surface area contributed by atoms with Crippen molar-refractivity contribution in [2.45, 2.75) is 45.5 Å². The minimum atomic E-state index is -4.54. The molecule has 0 unspecified atom stereocenters. The van der Waals surface area contributed by atoms with Gasteiger partial charge in [-0.1, -0.05) is 13.3 Å². The predicted molar refractivity (Wildman–Crippen MR) is 116 cm³/mol. The third-order valence-corrected chi connectivity index (χ3v) is 6.53. The normalized spacial score (nSPS) is 14.3. The molecule has 0 bridgehead atoms. The molecule has 9 nitrogen and oxygen atoms in total. The number of hydrogen-bond donors (Lipinski definition) is 2. The number of aromatic amines is 1. The van der Waals surface area contributed by atoms with Crippen LogP contribution in [0.5, 0.6) is 0 Å². The minimum Gasteiger partial charge on any atom is -0.396 e. The van der Waals surface area contributed by atoms with Gasteiger partial charge in [0.05, 0.1) is 24.7 Å². The highest BCUT2D eigenvalue weighted by molar-refractivity contribution is 7.18. The molecule has 0 saturated heterocycles. The van der Waals surface area contributed by atoms with Crippen molar-refractivity contribution < 1.29 is 18.3 Å². The van der Waals surface area contributed by atoms with Gasteiger partial charge in [-0.05, 0) is 12.5 Å². The van der Waals surface area contributed by atoms with Crippen LogP contribution in [0.2, 0.25) is 0 Å². The van der Waals surface area contributed by atoms with Crippen molar-refractivity contribution in [2.75, 3.05) is 18.1 Å². The van der Waals surface area contributed by atoms with Gasteiger partial charge in [-0.25, -0.2) is 15.0 Å². The predicted octanol–water partition coefficient (Wildman–Crippen LogP) is 3.20. The van der Waals surface area contributed by atoms with Gasteiger partial charge < -0.3 is 19.6 Å². The van der Waals surface area contributed by atoms with Gasteiger partial charge in [-0.2, -0.15) is 13.2 Å². The third kappa shape index (κ3) is 4.06. The number of halogens is 3. The van der Waals surface area contributed by atoms with Crippen LogP contribution in [0.4, 0.5) is 19.0 Å². The maximum atomic E-state index is 13.2. The zero-order valence-electron chi connectivity index (χ0n) is 17.7. The summed E-state index contributed by atoms with van der Waals surface area (Å²) in [5, 5.41) is 17.2. The summed E-state index contributed by atoms with van der Waals surface area (Å²) < 4.78 is 40.8. The number of aliphatic hydroxyl groups excluding tert-OH is 1. The highest BCUT2D eigenvalue weighted by Crippen LogP contribution is 2.36. The van der Waals surface area contributed by atoms with E-state index < -0.39 is 12.0 Å². The van der Waals surface area contributed by atoms with E-state index >= 15 is 0 Å². The van der Waals surface area contributed by atoms with E-state index in [1.807, 2.05) is 4.90 Å². The van der Waals surface area contributed by atoms with Crippen LogP contribution < -0.4 is 4.90 Å². The number of anilines is 1. The van der Waals surface area contributed by atoms with E-state index in [2.05, 4.69) is 33.2 Å². The van der Waals surface area contributed by atoms with Gasteiger partial charge in [-0.3, -0.25) is 0 Å². The number of thiophene rings is 1. The summed E-state index contributed by atoms with van der Waals surface area (Å²) in [5.41, 5.74) is 0.617. The minimum absolute atomic E-state index is 0.0300. The molecule has 4 aromatic heterocycles. The highest BCUT2D eigenvalue weighted by atomic mass is 32.1. The number of nitrogens with zero attached hydrogens (tertiary/aromatic N) is 7. The lowest BCUT2D eigenvalue weighted by atomic mass is 10.2. The van der Waals surface area contributed by atoms with Crippen LogP contribution in [0.3, 0.4) is 0 Å². The fourth-order valence-corrected chi connectivity index (χ4v) is 5.07. The summed E-state index contributed by atoms with van der Waals surface area (Å²) in [4.78, 5) is 20.8. The average Bonchev–Trinajstić information content (AvgIpc) is 3.50. The first-order valence-electron chi connectivity index (χ1n) is 10.6. The maximum Gasteiger partial charge on any atom is 0.451 e. The number of H-pyrrole nitrogens is 1. The maximum absolute atomic E-state index is 13.2. The SMILES string of the molecule is CCCc1cc2c(N3CCn4c(nnc4C(F)(F)F)C3)nc(-c3cnc(CCO)[nH]3)nc2s1. The molecule has 5 rings (SSSR count). The molecule has 33 heavy (non-hydrogen) atoms. The van der Waals surface area contributed by atoms with Crippen molar-refractivity contribution >= 4 is 27.4 Å². The first kappa shape index (κ1) is 21.8. The molecule has 0 aliphatic carbocycles. The van der Waals surface area contributed by atoms with Crippen LogP contribution >= 0.6 is 11.3 Å². The van der Waals surface area contributed by atoms with Gasteiger partial charge in [0, 0.05) is 24.4 Å². The lowest BCUT2D eigenvalue weighted by Gasteiger charge is -2.29. The van der Waals surface area contributed by atoms with E-state index in [0.29, 0.717) is 36.1 Å². The van der Waals surface area contributed by atoms with Gasteiger partial charge >= 0.3 is 6.18 Å². The fraction of sp³-hybridized carbons (Fsp3) is 0.450. The Kier molecular flexibility index (Phi) is 5.52. The number of nitrogens with one attached hydrogen (secondary N) is 1. The van der Waals surface area contributed by atoms with Crippen LogP contribution in [0.1, 0.15) is 35.7 Å². The quantitative estimate of drug-likeness (QED) is 0.438. The van der Waals surface area contributed by atoms with E-state index in [0.717, 1.165) is 27.6 Å². The second-order valence-corrected chi connectivity index (χ2v) is 8.90. The van der Waals surface area contributed by atoms with E-state index in [9.17, 15) is 13.2 Å². The first-order chi connectivity index (χ1) is 15.9. The van der Waals surface area contributed by atoms with Crippen LogP contribution in [-0.2, 0) is 32.1 Å².